The van der Waals surface area contributed by atoms with E-state index in [1.54, 1.807) is 43.3 Å². The van der Waals surface area contributed by atoms with Gasteiger partial charge in [-0.05, 0) is 30.7 Å². The van der Waals surface area contributed by atoms with Gasteiger partial charge in [-0.15, -0.1) is 0 Å². The first-order valence-corrected chi connectivity index (χ1v) is 12.2. The maximum absolute atomic E-state index is 13.6. The van der Waals surface area contributed by atoms with Crippen molar-refractivity contribution >= 4 is 34.3 Å². The number of para-hydroxylation sites is 1. The van der Waals surface area contributed by atoms with Gasteiger partial charge in [0.2, 0.25) is 5.91 Å². The van der Waals surface area contributed by atoms with Crippen LogP contribution in [0.5, 0.6) is 0 Å². The summed E-state index contributed by atoms with van der Waals surface area (Å²) in [5, 5.41) is 17.8. The third kappa shape index (κ3) is 5.54. The van der Waals surface area contributed by atoms with Gasteiger partial charge in [-0.3, -0.25) is 19.7 Å². The first-order chi connectivity index (χ1) is 18.8. The second-order valence-corrected chi connectivity index (χ2v) is 9.31. The lowest BCUT2D eigenvalue weighted by Gasteiger charge is -2.28. The monoisotopic (exact) mass is 523 g/mol. The molecule has 2 heterocycles. The Morgan fingerprint density at radius 1 is 1.03 bits per heavy atom. The van der Waals surface area contributed by atoms with Crippen molar-refractivity contribution in [1.82, 2.24) is 15.3 Å². The van der Waals surface area contributed by atoms with Gasteiger partial charge in [-0.25, -0.2) is 0 Å². The van der Waals surface area contributed by atoms with Crippen molar-refractivity contribution in [1.29, 1.82) is 0 Å². The van der Waals surface area contributed by atoms with Crippen molar-refractivity contribution in [2.24, 2.45) is 0 Å². The van der Waals surface area contributed by atoms with E-state index in [0.29, 0.717) is 16.8 Å². The maximum atomic E-state index is 13.6. The van der Waals surface area contributed by atoms with Crippen molar-refractivity contribution in [2.45, 2.75) is 18.9 Å². The number of aromatic nitrogens is 2. The summed E-state index contributed by atoms with van der Waals surface area (Å²) in [5.41, 5.74) is 2.12. The topological polar surface area (TPSA) is 143 Å². The molecule has 10 nitrogen and oxygen atoms in total. The summed E-state index contributed by atoms with van der Waals surface area (Å²) in [5.74, 6) is -0.623. The SMILES string of the molecule is C[C@@](Cc1c[nH]c2ccccc12)(Nc1nc(-c2ccc([N+](=O)[O-])cc2)co1)C(=O)NCC(=O)c1ccccc1. The molecule has 39 heavy (non-hydrogen) atoms. The van der Waals surface area contributed by atoms with Gasteiger partial charge in [-0.1, -0.05) is 48.5 Å². The van der Waals surface area contributed by atoms with Gasteiger partial charge in [-0.2, -0.15) is 4.98 Å². The van der Waals surface area contributed by atoms with Crippen molar-refractivity contribution in [2.75, 3.05) is 11.9 Å². The van der Waals surface area contributed by atoms with E-state index in [4.69, 9.17) is 4.42 Å². The summed E-state index contributed by atoms with van der Waals surface area (Å²) in [7, 11) is 0. The molecule has 3 aromatic carbocycles. The molecule has 0 spiro atoms. The van der Waals surface area contributed by atoms with Crippen molar-refractivity contribution < 1.29 is 18.9 Å². The molecular weight excluding hydrogens is 498 g/mol. The molecule has 0 fully saturated rings. The number of nitrogens with zero attached hydrogens (tertiary/aromatic N) is 2. The summed E-state index contributed by atoms with van der Waals surface area (Å²) in [6.45, 7) is 1.54. The number of anilines is 1. The standard InChI is InChI=1S/C29H25N5O5/c1-29(15-21-16-30-24-10-6-5-9-23(21)24,27(36)31-17-26(35)20-7-3-2-4-8-20)33-28-32-25(18-39-28)19-11-13-22(14-12-19)34(37)38/h2-14,16,18,30H,15,17H2,1H3,(H,31,36)(H,32,33)/t29-/m0/s1. The van der Waals surface area contributed by atoms with Gasteiger partial charge in [0.1, 0.15) is 17.5 Å². The quantitative estimate of drug-likeness (QED) is 0.131. The van der Waals surface area contributed by atoms with Gasteiger partial charge < -0.3 is 20.0 Å². The molecule has 0 unspecified atom stereocenters. The zero-order valence-electron chi connectivity index (χ0n) is 21.0. The van der Waals surface area contributed by atoms with E-state index in [1.807, 2.05) is 36.5 Å². The molecular formula is C29H25N5O5. The minimum Gasteiger partial charge on any atom is -0.431 e. The highest BCUT2D eigenvalue weighted by Crippen LogP contribution is 2.28. The summed E-state index contributed by atoms with van der Waals surface area (Å²) in [4.78, 5) is 44.4. The molecule has 0 aliphatic carbocycles. The zero-order valence-corrected chi connectivity index (χ0v) is 21.0. The fourth-order valence-electron chi connectivity index (χ4n) is 4.38. The van der Waals surface area contributed by atoms with Crippen molar-refractivity contribution in [3.05, 3.63) is 113 Å². The molecule has 0 saturated carbocycles. The second kappa shape index (κ2) is 10.6. The number of non-ortho nitro benzene ring substituents is 1. The van der Waals surface area contributed by atoms with Crippen LogP contribution in [-0.2, 0) is 11.2 Å². The Morgan fingerprint density at radius 3 is 2.49 bits per heavy atom. The van der Waals surface area contributed by atoms with E-state index in [0.717, 1.165) is 16.5 Å². The van der Waals surface area contributed by atoms with Crippen LogP contribution in [0.25, 0.3) is 22.2 Å². The Labute approximate surface area is 223 Å². The predicted octanol–water partition coefficient (Wildman–Crippen LogP) is 5.14. The lowest BCUT2D eigenvalue weighted by molar-refractivity contribution is -0.384. The molecule has 0 aliphatic heterocycles. The van der Waals surface area contributed by atoms with Crippen LogP contribution < -0.4 is 10.6 Å². The van der Waals surface area contributed by atoms with Crippen LogP contribution in [0.4, 0.5) is 11.7 Å². The largest absolute Gasteiger partial charge is 0.431 e. The molecule has 2 aromatic heterocycles. The van der Waals surface area contributed by atoms with Crippen LogP contribution >= 0.6 is 0 Å². The highest BCUT2D eigenvalue weighted by Gasteiger charge is 2.36. The number of carbonyl (C=O) groups is 2. The zero-order chi connectivity index (χ0) is 27.4. The van der Waals surface area contributed by atoms with Crippen LogP contribution in [0.1, 0.15) is 22.8 Å². The van der Waals surface area contributed by atoms with E-state index in [-0.39, 0.29) is 30.5 Å². The maximum Gasteiger partial charge on any atom is 0.295 e. The number of hydrogen-bond donors (Lipinski definition) is 3. The van der Waals surface area contributed by atoms with E-state index >= 15 is 0 Å². The van der Waals surface area contributed by atoms with Gasteiger partial charge in [0.15, 0.2) is 5.78 Å². The third-order valence-corrected chi connectivity index (χ3v) is 6.49. The molecule has 1 amide bonds. The van der Waals surface area contributed by atoms with Crippen LogP contribution in [0.15, 0.2) is 95.7 Å². The van der Waals surface area contributed by atoms with Crippen LogP contribution in [0.3, 0.4) is 0 Å². The Bertz CT molecular complexity index is 1640. The van der Waals surface area contributed by atoms with E-state index in [1.165, 1.54) is 18.4 Å². The number of Topliss-reactive ketones (excluding diaryl/α,β-unsaturated/α-hetero) is 1. The van der Waals surface area contributed by atoms with E-state index in [2.05, 4.69) is 20.6 Å². The van der Waals surface area contributed by atoms with Crippen LogP contribution in [0.2, 0.25) is 0 Å². The molecule has 0 aliphatic rings. The first kappa shape index (κ1) is 25.4. The molecule has 196 valence electrons. The minimum absolute atomic E-state index is 0.0337. The van der Waals surface area contributed by atoms with E-state index < -0.39 is 16.4 Å². The van der Waals surface area contributed by atoms with Gasteiger partial charge in [0.05, 0.1) is 11.5 Å². The summed E-state index contributed by atoms with van der Waals surface area (Å²) in [6.07, 6.45) is 3.52. The van der Waals surface area contributed by atoms with Crippen LogP contribution in [0, 0.1) is 10.1 Å². The number of nitro benzene ring substituents is 1. The molecule has 0 radical (unpaired) electrons. The molecule has 5 aromatic rings. The summed E-state index contributed by atoms with van der Waals surface area (Å²) >= 11 is 0. The smallest absolute Gasteiger partial charge is 0.295 e. The van der Waals surface area contributed by atoms with E-state index in [9.17, 15) is 19.7 Å². The number of benzene rings is 3. The lowest BCUT2D eigenvalue weighted by atomic mass is 9.91. The number of carbonyl (C=O) groups excluding carboxylic acids is 2. The first-order valence-electron chi connectivity index (χ1n) is 12.2. The Hall–Kier alpha value is -5.25. The number of nitro groups is 1. The van der Waals surface area contributed by atoms with Gasteiger partial charge >= 0.3 is 0 Å². The van der Waals surface area contributed by atoms with Crippen LogP contribution in [-0.4, -0.2) is 38.7 Å². The summed E-state index contributed by atoms with van der Waals surface area (Å²) in [6, 6.07) is 22.5. The number of hydrogen-bond acceptors (Lipinski definition) is 7. The molecule has 0 bridgehead atoms. The minimum atomic E-state index is -1.25. The molecule has 3 N–H and O–H groups in total. The molecule has 5 rings (SSSR count). The van der Waals surface area contributed by atoms with Gasteiger partial charge in [0.25, 0.3) is 11.7 Å². The average molecular weight is 524 g/mol. The normalized spacial score (nSPS) is 12.5. The number of ketones is 1. The Balaban J connectivity index is 1.39. The fourth-order valence-corrected chi connectivity index (χ4v) is 4.38. The Morgan fingerprint density at radius 2 is 1.74 bits per heavy atom. The number of oxazole rings is 1. The number of fused-ring (bicyclic) bond motifs is 1. The van der Waals surface area contributed by atoms with Crippen molar-refractivity contribution in [3.8, 4) is 11.3 Å². The molecule has 1 atom stereocenters. The Kier molecular flexibility index (Phi) is 6.92. The number of rotatable bonds is 10. The number of aromatic amines is 1. The molecule has 10 heteroatoms. The van der Waals surface area contributed by atoms with Gasteiger partial charge in [0, 0.05) is 46.8 Å². The molecule has 0 saturated heterocycles. The third-order valence-electron chi connectivity index (χ3n) is 6.49. The highest BCUT2D eigenvalue weighted by molar-refractivity contribution is 6.00. The summed E-state index contributed by atoms with van der Waals surface area (Å²) < 4.78 is 5.63. The number of amides is 1. The number of H-pyrrole nitrogens is 1. The fraction of sp³-hybridized carbons (Fsp3) is 0.138. The average Bonchev–Trinajstić information content (AvgIpc) is 3.59. The highest BCUT2D eigenvalue weighted by atomic mass is 16.6. The predicted molar refractivity (Wildman–Crippen MR) is 146 cm³/mol. The second-order valence-electron chi connectivity index (χ2n) is 9.31. The van der Waals surface area contributed by atoms with Crippen molar-refractivity contribution in [3.63, 3.8) is 0 Å². The lowest BCUT2D eigenvalue weighted by Crippen LogP contribution is -2.53. The number of nitrogens with one attached hydrogen (secondary N) is 3.